The third-order valence-electron chi connectivity index (χ3n) is 7.46. The number of ether oxygens (including phenoxy) is 2. The molecule has 21 nitrogen and oxygen atoms in total. The molecule has 3 aliphatic rings. The molecule has 0 aromatic carbocycles. The zero-order valence-electron chi connectivity index (χ0n) is 23.1. The van der Waals surface area contributed by atoms with Crippen LogP contribution in [0.3, 0.4) is 0 Å². The van der Waals surface area contributed by atoms with Crippen LogP contribution in [0.2, 0.25) is 0 Å². The minimum absolute atomic E-state index is 0.0386. The van der Waals surface area contributed by atoms with Crippen LogP contribution in [-0.2, 0) is 56.2 Å². The highest BCUT2D eigenvalue weighted by Crippen LogP contribution is 2.53. The Labute approximate surface area is 265 Å². The average Bonchev–Trinajstić information content (AvgIpc) is 3.72. The molecular formula is C21H23N9O12P2S2-2. The molecule has 46 heavy (non-hydrogen) atoms. The molecule has 4 aromatic heterocycles. The number of hydrogen-bond donors (Lipinski definition) is 5. The number of rotatable bonds is 2. The van der Waals surface area contributed by atoms with Gasteiger partial charge in [0.05, 0.1) is 25.9 Å². The third kappa shape index (κ3) is 5.64. The summed E-state index contributed by atoms with van der Waals surface area (Å²) in [5, 5.41) is 22.5. The number of aliphatic hydroxyl groups is 2. The molecule has 4 aromatic rings. The van der Waals surface area contributed by atoms with E-state index < -0.39 is 86.9 Å². The number of fused-ring (bicyclic) bond motifs is 4. The quantitative estimate of drug-likeness (QED) is 0.108. The zero-order valence-corrected chi connectivity index (χ0v) is 26.6. The Bertz CT molecular complexity index is 1910. The van der Waals surface area contributed by atoms with Gasteiger partial charge in [-0.15, -0.1) is 0 Å². The van der Waals surface area contributed by atoms with Gasteiger partial charge in [-0.1, -0.05) is 11.8 Å². The molecule has 3 fully saturated rings. The van der Waals surface area contributed by atoms with Gasteiger partial charge in [-0.25, -0.2) is 15.0 Å². The molecule has 0 aliphatic carbocycles. The minimum Gasteiger partial charge on any atom is -0.780 e. The fraction of sp³-hybridized carbons (Fsp3) is 0.524. The number of aliphatic hydroxyl groups excluding tert-OH is 2. The molecule has 248 valence electrons. The number of nitrogens with two attached hydrogens (primary N) is 1. The van der Waals surface area contributed by atoms with E-state index in [0.717, 1.165) is 6.33 Å². The first kappa shape index (κ1) is 31.9. The van der Waals surface area contributed by atoms with Gasteiger partial charge in [0.15, 0.2) is 41.6 Å². The van der Waals surface area contributed by atoms with Gasteiger partial charge in [0.1, 0.15) is 49.2 Å². The van der Waals surface area contributed by atoms with E-state index in [4.69, 9.17) is 57.4 Å². The summed E-state index contributed by atoms with van der Waals surface area (Å²) in [5.41, 5.74) is 4.36. The van der Waals surface area contributed by atoms with Crippen molar-refractivity contribution in [3.8, 4) is 0 Å². The number of aryl methyl sites for hydroxylation is 1. The summed E-state index contributed by atoms with van der Waals surface area (Å²) in [4.78, 5) is 59.1. The number of nitrogens with zero attached hydrogens (tertiary/aromatic N) is 6. The fourth-order valence-electron chi connectivity index (χ4n) is 5.47. The van der Waals surface area contributed by atoms with Gasteiger partial charge in [0.25, 0.3) is 11.1 Å². The minimum atomic E-state index is -4.46. The van der Waals surface area contributed by atoms with E-state index in [1.54, 1.807) is 6.92 Å². The van der Waals surface area contributed by atoms with Crippen molar-refractivity contribution in [2.75, 3.05) is 18.9 Å². The van der Waals surface area contributed by atoms with Gasteiger partial charge in [0.2, 0.25) is 5.95 Å². The topological polar surface area (TPSA) is 289 Å². The molecule has 7 rings (SSSR count). The molecular weight excluding hydrogens is 696 g/mol. The van der Waals surface area contributed by atoms with Crippen molar-refractivity contribution in [1.29, 1.82) is 0 Å². The van der Waals surface area contributed by atoms with Crippen LogP contribution < -0.4 is 21.7 Å². The predicted octanol–water partition coefficient (Wildman–Crippen LogP) is -2.28. The zero-order chi connectivity index (χ0) is 32.7. The Morgan fingerprint density at radius 1 is 0.957 bits per heavy atom. The molecule has 0 radical (unpaired) electrons. The van der Waals surface area contributed by atoms with E-state index in [2.05, 4.69) is 29.9 Å². The first-order valence-electron chi connectivity index (χ1n) is 13.3. The Kier molecular flexibility index (Phi) is 7.99. The van der Waals surface area contributed by atoms with Gasteiger partial charge < -0.3 is 65.6 Å². The van der Waals surface area contributed by atoms with Crippen LogP contribution in [0.1, 0.15) is 18.3 Å². The summed E-state index contributed by atoms with van der Waals surface area (Å²) < 4.78 is 49.6. The number of aromatic nitrogens is 8. The van der Waals surface area contributed by atoms with Gasteiger partial charge >= 0.3 is 0 Å². The number of H-pyrrole nitrogens is 2. The third-order valence-corrected chi connectivity index (χ3v) is 10.5. The normalized spacial score (nSPS) is 37.2. The maximum Gasteiger partial charge on any atom is 0.280 e. The van der Waals surface area contributed by atoms with E-state index in [1.807, 2.05) is 0 Å². The van der Waals surface area contributed by atoms with Crippen LogP contribution in [0.5, 0.6) is 0 Å². The molecule has 0 spiro atoms. The fourth-order valence-corrected chi connectivity index (χ4v) is 8.33. The largest absolute Gasteiger partial charge is 0.780 e. The maximum atomic E-state index is 13.4. The Hall–Kier alpha value is -2.63. The number of hydrogen-bond acceptors (Lipinski definition) is 19. The van der Waals surface area contributed by atoms with E-state index in [1.165, 1.54) is 15.5 Å². The molecule has 10 atom stereocenters. The van der Waals surface area contributed by atoms with Crippen LogP contribution in [0.25, 0.3) is 22.3 Å². The van der Waals surface area contributed by atoms with Crippen molar-refractivity contribution in [3.63, 3.8) is 0 Å². The Balaban J connectivity index is 1.18. The van der Waals surface area contributed by atoms with Crippen LogP contribution in [-0.4, -0.2) is 99.1 Å². The molecule has 6 N–H and O–H groups in total. The lowest BCUT2D eigenvalue weighted by molar-refractivity contribution is -0.218. The average molecular weight is 720 g/mol. The lowest BCUT2D eigenvalue weighted by Gasteiger charge is -2.37. The van der Waals surface area contributed by atoms with Crippen molar-refractivity contribution in [1.82, 2.24) is 39.0 Å². The molecule has 0 saturated carbocycles. The highest BCUT2D eigenvalue weighted by Gasteiger charge is 2.51. The van der Waals surface area contributed by atoms with Crippen LogP contribution in [0.4, 0.5) is 5.95 Å². The van der Waals surface area contributed by atoms with E-state index >= 15 is 0 Å². The summed E-state index contributed by atoms with van der Waals surface area (Å²) in [6, 6.07) is 0. The van der Waals surface area contributed by atoms with Gasteiger partial charge in [-0.05, 0) is 6.92 Å². The first-order valence-corrected chi connectivity index (χ1v) is 18.4. The van der Waals surface area contributed by atoms with Gasteiger partial charge in [-0.3, -0.25) is 28.3 Å². The lowest BCUT2D eigenvalue weighted by Crippen LogP contribution is -2.40. The molecule has 4 unspecified atom stereocenters. The monoisotopic (exact) mass is 719 g/mol. The van der Waals surface area contributed by atoms with Crippen LogP contribution in [0, 0.1) is 6.92 Å². The Morgan fingerprint density at radius 2 is 1.48 bits per heavy atom. The highest BCUT2D eigenvalue weighted by molar-refractivity contribution is 8.32. The smallest absolute Gasteiger partial charge is 0.280 e. The summed E-state index contributed by atoms with van der Waals surface area (Å²) in [6.07, 6.45) is -9.19. The van der Waals surface area contributed by atoms with Crippen molar-refractivity contribution < 1.29 is 47.2 Å². The van der Waals surface area contributed by atoms with Crippen molar-refractivity contribution in [2.24, 2.45) is 0 Å². The van der Waals surface area contributed by atoms with Gasteiger partial charge in [-0.2, -0.15) is 4.98 Å². The second-order valence-electron chi connectivity index (χ2n) is 10.5. The summed E-state index contributed by atoms with van der Waals surface area (Å²) in [5.74, 6) is 0.0295. The summed E-state index contributed by atoms with van der Waals surface area (Å²) in [7, 11) is 0. The van der Waals surface area contributed by atoms with E-state index in [9.17, 15) is 29.3 Å². The maximum absolute atomic E-state index is 13.4. The molecule has 0 amide bonds. The summed E-state index contributed by atoms with van der Waals surface area (Å²) >= 11 is 10.2. The standard InChI is InChI=1S/C21H25N9O12P2S2/c1-6-25-15-9(17(33)26-6)23-4-29(15)19-11(31)13-7(39-19)2-37-44(36,46)42-14-8(3-38-43(35,45)41-13)40-20(12(14)32)30-5-24-10-16(30)27-21(22)28-18(10)34/h4-5,7-8,11-14,19-20,31-32H,2-3H2,1H3,(H,35,45)(H,36,46)(H,25,26,33)(H3,22,27,28,34)/p-2/t7-,8-,11+,12?,13?,14+,19-,20-,43?,44?/m1/s1. The molecule has 3 saturated heterocycles. The second kappa shape index (κ2) is 11.5. The molecule has 7 heterocycles. The summed E-state index contributed by atoms with van der Waals surface area (Å²) in [6.45, 7) is -8.66. The number of nitrogen functional groups attached to an aromatic ring is 1. The van der Waals surface area contributed by atoms with Crippen molar-refractivity contribution in [2.45, 2.75) is 56.0 Å². The number of aromatic amines is 2. The second-order valence-corrected chi connectivity index (χ2v) is 15.9. The predicted molar refractivity (Wildman–Crippen MR) is 156 cm³/mol. The molecule has 0 bridgehead atoms. The highest BCUT2D eigenvalue weighted by atomic mass is 32.7. The van der Waals surface area contributed by atoms with Crippen molar-refractivity contribution in [3.05, 3.63) is 39.2 Å². The van der Waals surface area contributed by atoms with E-state index in [0.29, 0.717) is 0 Å². The van der Waals surface area contributed by atoms with E-state index in [-0.39, 0.29) is 34.1 Å². The van der Waals surface area contributed by atoms with Crippen LogP contribution >= 0.6 is 13.5 Å². The number of imidazole rings is 2. The number of anilines is 1. The van der Waals surface area contributed by atoms with Gasteiger partial charge in [0, 0.05) is 0 Å². The Morgan fingerprint density at radius 3 is 2.09 bits per heavy atom. The van der Waals surface area contributed by atoms with Crippen LogP contribution in [0.15, 0.2) is 22.2 Å². The SMILES string of the molecule is Cc1nc2c(ncn2[C@@H]2O[C@@H]3COP([O-])(=S)O[C@@H]4C(O)[C@H](n5cnc6c(=O)[nH]c(N)nc65)O[C@@H]4COP(=O)([S-])OC3[C@@H]2O)c(=O)[nH]1. The molecule has 3 aliphatic heterocycles. The first-order chi connectivity index (χ1) is 21.7. The van der Waals surface area contributed by atoms with Crippen molar-refractivity contribution >= 4 is 65.8 Å². The number of nitrogens with one attached hydrogen (secondary N) is 2. The molecule has 25 heteroatoms. The lowest BCUT2D eigenvalue weighted by atomic mass is 10.1.